The molecule has 0 aromatic carbocycles. The first-order chi connectivity index (χ1) is 6.97. The van der Waals surface area contributed by atoms with Crippen molar-refractivity contribution in [1.82, 2.24) is 5.32 Å². The van der Waals surface area contributed by atoms with Gasteiger partial charge in [0.1, 0.15) is 0 Å². The Morgan fingerprint density at radius 2 is 2.07 bits per heavy atom. The van der Waals surface area contributed by atoms with Crippen molar-refractivity contribution in [1.29, 1.82) is 0 Å². The molecule has 1 rings (SSSR count). The summed E-state index contributed by atoms with van der Waals surface area (Å²) < 4.78 is 0. The third kappa shape index (κ3) is 3.46. The maximum absolute atomic E-state index is 5.76. The van der Waals surface area contributed by atoms with Crippen molar-refractivity contribution in [2.24, 2.45) is 23.0 Å². The van der Waals surface area contributed by atoms with Crippen LogP contribution in [0.1, 0.15) is 47.0 Å². The molecule has 1 saturated carbocycles. The van der Waals surface area contributed by atoms with Gasteiger partial charge in [0.15, 0.2) is 0 Å². The molecule has 0 bridgehead atoms. The van der Waals surface area contributed by atoms with E-state index in [0.717, 1.165) is 19.0 Å². The van der Waals surface area contributed by atoms with Crippen LogP contribution in [0.4, 0.5) is 0 Å². The first-order valence-electron chi connectivity index (χ1n) is 6.41. The number of nitrogens with one attached hydrogen (secondary N) is 1. The van der Waals surface area contributed by atoms with Crippen molar-refractivity contribution in [3.05, 3.63) is 0 Å². The average Bonchev–Trinajstić information content (AvgIpc) is 2.46. The fourth-order valence-corrected chi connectivity index (χ4v) is 2.66. The van der Waals surface area contributed by atoms with Gasteiger partial charge < -0.3 is 11.1 Å². The van der Waals surface area contributed by atoms with Crippen LogP contribution >= 0.6 is 0 Å². The summed E-state index contributed by atoms with van der Waals surface area (Å²) in [6.45, 7) is 11.2. The van der Waals surface area contributed by atoms with E-state index in [0.29, 0.717) is 17.4 Å². The number of nitrogens with two attached hydrogens (primary N) is 1. The normalized spacial score (nSPS) is 27.2. The fourth-order valence-electron chi connectivity index (χ4n) is 2.66. The average molecular weight is 212 g/mol. The van der Waals surface area contributed by atoms with Crippen LogP contribution in [0.3, 0.4) is 0 Å². The van der Waals surface area contributed by atoms with E-state index in [-0.39, 0.29) is 0 Å². The maximum atomic E-state index is 5.76. The zero-order valence-corrected chi connectivity index (χ0v) is 10.8. The minimum absolute atomic E-state index is 0.487. The summed E-state index contributed by atoms with van der Waals surface area (Å²) >= 11 is 0. The third-order valence-corrected chi connectivity index (χ3v) is 4.16. The molecule has 1 aliphatic rings. The predicted octanol–water partition coefficient (Wildman–Crippen LogP) is 2.39. The summed E-state index contributed by atoms with van der Waals surface area (Å²) in [6.07, 6.45) is 4.16. The van der Waals surface area contributed by atoms with Crippen LogP contribution in [0.15, 0.2) is 0 Å². The van der Waals surface area contributed by atoms with Gasteiger partial charge in [0.2, 0.25) is 0 Å². The molecule has 0 aliphatic heterocycles. The SMILES string of the molecule is CC(C)C(CN)NCC1CCCC1(C)C. The maximum Gasteiger partial charge on any atom is 0.0213 e. The Bertz CT molecular complexity index is 187. The summed E-state index contributed by atoms with van der Waals surface area (Å²) in [5.74, 6) is 1.48. The Labute approximate surface area is 95.0 Å². The first-order valence-corrected chi connectivity index (χ1v) is 6.41. The number of hydrogen-bond donors (Lipinski definition) is 2. The van der Waals surface area contributed by atoms with Crippen molar-refractivity contribution in [2.75, 3.05) is 13.1 Å². The quantitative estimate of drug-likeness (QED) is 0.734. The Hall–Kier alpha value is -0.0800. The van der Waals surface area contributed by atoms with Gasteiger partial charge in [0, 0.05) is 12.6 Å². The van der Waals surface area contributed by atoms with Crippen LogP contribution in [0.5, 0.6) is 0 Å². The molecular weight excluding hydrogens is 184 g/mol. The van der Waals surface area contributed by atoms with E-state index in [4.69, 9.17) is 5.73 Å². The Balaban J connectivity index is 2.36. The summed E-state index contributed by atoms with van der Waals surface area (Å²) in [6, 6.07) is 0.487. The van der Waals surface area contributed by atoms with Gasteiger partial charge in [-0.3, -0.25) is 0 Å². The molecule has 1 fully saturated rings. The minimum atomic E-state index is 0.487. The van der Waals surface area contributed by atoms with Crippen LogP contribution in [0.2, 0.25) is 0 Å². The lowest BCUT2D eigenvalue weighted by atomic mass is 9.81. The highest BCUT2D eigenvalue weighted by atomic mass is 14.9. The summed E-state index contributed by atoms with van der Waals surface area (Å²) in [4.78, 5) is 0. The Morgan fingerprint density at radius 1 is 1.40 bits per heavy atom. The van der Waals surface area contributed by atoms with Gasteiger partial charge >= 0.3 is 0 Å². The first kappa shape index (κ1) is 13.0. The lowest BCUT2D eigenvalue weighted by Gasteiger charge is -2.30. The van der Waals surface area contributed by atoms with Crippen molar-refractivity contribution >= 4 is 0 Å². The molecule has 1 aliphatic carbocycles. The van der Waals surface area contributed by atoms with Crippen molar-refractivity contribution in [2.45, 2.75) is 53.0 Å². The minimum Gasteiger partial charge on any atom is -0.329 e. The molecule has 2 unspecified atom stereocenters. The molecule has 0 radical (unpaired) electrons. The van der Waals surface area contributed by atoms with E-state index < -0.39 is 0 Å². The highest BCUT2D eigenvalue weighted by Crippen LogP contribution is 2.42. The molecule has 0 spiro atoms. The Kier molecular flexibility index (Phi) is 4.60. The monoisotopic (exact) mass is 212 g/mol. The van der Waals surface area contributed by atoms with Gasteiger partial charge in [-0.2, -0.15) is 0 Å². The summed E-state index contributed by atoms with van der Waals surface area (Å²) in [5.41, 5.74) is 6.29. The second kappa shape index (κ2) is 5.31. The fraction of sp³-hybridized carbons (Fsp3) is 1.00. The van der Waals surface area contributed by atoms with Crippen molar-refractivity contribution in [3.8, 4) is 0 Å². The molecule has 90 valence electrons. The smallest absolute Gasteiger partial charge is 0.0213 e. The van der Waals surface area contributed by atoms with E-state index in [1.54, 1.807) is 0 Å². The number of rotatable bonds is 5. The van der Waals surface area contributed by atoms with E-state index in [9.17, 15) is 0 Å². The van der Waals surface area contributed by atoms with E-state index in [1.807, 2.05) is 0 Å². The highest BCUT2D eigenvalue weighted by molar-refractivity contribution is 4.87. The second-order valence-corrected chi connectivity index (χ2v) is 6.07. The number of hydrogen-bond acceptors (Lipinski definition) is 2. The van der Waals surface area contributed by atoms with E-state index >= 15 is 0 Å². The van der Waals surface area contributed by atoms with Gasteiger partial charge in [-0.15, -0.1) is 0 Å². The molecule has 3 N–H and O–H groups in total. The molecule has 2 heteroatoms. The van der Waals surface area contributed by atoms with Crippen LogP contribution in [0.25, 0.3) is 0 Å². The second-order valence-electron chi connectivity index (χ2n) is 6.07. The van der Waals surface area contributed by atoms with Gasteiger partial charge in [-0.25, -0.2) is 0 Å². The zero-order chi connectivity index (χ0) is 11.5. The van der Waals surface area contributed by atoms with Crippen LogP contribution < -0.4 is 11.1 Å². The third-order valence-electron chi connectivity index (χ3n) is 4.16. The standard InChI is InChI=1S/C13H28N2/c1-10(2)12(8-14)15-9-11-6-5-7-13(11,3)4/h10-12,15H,5-9,14H2,1-4H3. The molecular formula is C13H28N2. The topological polar surface area (TPSA) is 38.0 Å². The predicted molar refractivity (Wildman–Crippen MR) is 66.8 cm³/mol. The molecule has 0 heterocycles. The molecule has 0 amide bonds. The molecule has 0 saturated heterocycles. The lowest BCUT2D eigenvalue weighted by molar-refractivity contribution is 0.236. The van der Waals surface area contributed by atoms with Gasteiger partial charge in [-0.05, 0) is 36.6 Å². The molecule has 0 aromatic rings. The van der Waals surface area contributed by atoms with Crippen LogP contribution in [0, 0.1) is 17.3 Å². The highest BCUT2D eigenvalue weighted by Gasteiger charge is 2.34. The van der Waals surface area contributed by atoms with E-state index in [2.05, 4.69) is 33.0 Å². The van der Waals surface area contributed by atoms with Gasteiger partial charge in [0.05, 0.1) is 0 Å². The largest absolute Gasteiger partial charge is 0.329 e. The Morgan fingerprint density at radius 3 is 2.47 bits per heavy atom. The lowest BCUT2D eigenvalue weighted by Crippen LogP contribution is -2.43. The molecule has 2 atom stereocenters. The molecule has 15 heavy (non-hydrogen) atoms. The van der Waals surface area contributed by atoms with E-state index in [1.165, 1.54) is 19.3 Å². The van der Waals surface area contributed by atoms with Gasteiger partial charge in [0.25, 0.3) is 0 Å². The van der Waals surface area contributed by atoms with Gasteiger partial charge in [-0.1, -0.05) is 34.1 Å². The van der Waals surface area contributed by atoms with Crippen LogP contribution in [-0.4, -0.2) is 19.1 Å². The summed E-state index contributed by atoms with van der Waals surface area (Å²) in [5, 5.41) is 3.64. The van der Waals surface area contributed by atoms with Crippen LogP contribution in [-0.2, 0) is 0 Å². The molecule has 0 aromatic heterocycles. The van der Waals surface area contributed by atoms with Crippen molar-refractivity contribution in [3.63, 3.8) is 0 Å². The zero-order valence-electron chi connectivity index (χ0n) is 10.8. The molecule has 2 nitrogen and oxygen atoms in total. The van der Waals surface area contributed by atoms with Crippen molar-refractivity contribution < 1.29 is 0 Å². The summed E-state index contributed by atoms with van der Waals surface area (Å²) in [7, 11) is 0.